The number of nitrogens with zero attached hydrogens (tertiary/aromatic N) is 1. The maximum atomic E-state index is 13.1. The van der Waals surface area contributed by atoms with Crippen molar-refractivity contribution in [3.05, 3.63) is 66.2 Å². The molecule has 7 heteroatoms. The van der Waals surface area contributed by atoms with Crippen molar-refractivity contribution in [2.45, 2.75) is 38.8 Å². The Bertz CT molecular complexity index is 880. The molecule has 0 spiro atoms. The minimum atomic E-state index is -1.04. The summed E-state index contributed by atoms with van der Waals surface area (Å²) in [5, 5.41) is 5.38. The quantitative estimate of drug-likeness (QED) is 0.664. The van der Waals surface area contributed by atoms with Crippen molar-refractivity contribution in [3.8, 4) is 0 Å². The van der Waals surface area contributed by atoms with Crippen LogP contribution in [-0.2, 0) is 14.3 Å². The SMILES string of the molecule is CC(C)[C@@H](NC(=O)Nc1ccccc1)C(=O)O[C@H](C(=O)N1CCCC1)c1ccccc1. The average molecular weight is 424 g/mol. The van der Waals surface area contributed by atoms with E-state index in [1.165, 1.54) is 0 Å². The largest absolute Gasteiger partial charge is 0.446 e. The van der Waals surface area contributed by atoms with Crippen LogP contribution in [0, 0.1) is 5.92 Å². The summed E-state index contributed by atoms with van der Waals surface area (Å²) in [6.45, 7) is 4.94. The Morgan fingerprint density at radius 2 is 1.48 bits per heavy atom. The second-order valence-corrected chi connectivity index (χ2v) is 7.95. The van der Waals surface area contributed by atoms with Crippen LogP contribution >= 0.6 is 0 Å². The fourth-order valence-electron chi connectivity index (χ4n) is 3.51. The van der Waals surface area contributed by atoms with Crippen LogP contribution < -0.4 is 10.6 Å². The van der Waals surface area contributed by atoms with Crippen LogP contribution in [0.15, 0.2) is 60.7 Å². The van der Waals surface area contributed by atoms with Gasteiger partial charge in [-0.25, -0.2) is 9.59 Å². The topological polar surface area (TPSA) is 87.7 Å². The third kappa shape index (κ3) is 6.07. The molecule has 164 valence electrons. The summed E-state index contributed by atoms with van der Waals surface area (Å²) < 4.78 is 5.71. The smallest absolute Gasteiger partial charge is 0.330 e. The normalized spacial score (nSPS) is 15.3. The zero-order valence-corrected chi connectivity index (χ0v) is 17.9. The number of likely N-dealkylation sites (tertiary alicyclic amines) is 1. The van der Waals surface area contributed by atoms with Gasteiger partial charge in [0.2, 0.25) is 6.10 Å². The molecule has 1 aliphatic heterocycles. The lowest BCUT2D eigenvalue weighted by atomic mass is 10.0. The number of para-hydroxylation sites is 1. The molecule has 2 atom stereocenters. The molecular formula is C24H29N3O4. The Balaban J connectivity index is 1.72. The zero-order valence-electron chi connectivity index (χ0n) is 17.9. The molecule has 1 heterocycles. The van der Waals surface area contributed by atoms with E-state index in [-0.39, 0.29) is 11.8 Å². The van der Waals surface area contributed by atoms with Crippen molar-refractivity contribution in [2.75, 3.05) is 18.4 Å². The van der Waals surface area contributed by atoms with Gasteiger partial charge in [0.05, 0.1) is 0 Å². The van der Waals surface area contributed by atoms with E-state index < -0.39 is 24.1 Å². The van der Waals surface area contributed by atoms with Crippen LogP contribution in [0.2, 0.25) is 0 Å². The molecule has 2 aromatic carbocycles. The van der Waals surface area contributed by atoms with Gasteiger partial charge < -0.3 is 20.3 Å². The maximum absolute atomic E-state index is 13.1. The predicted molar refractivity (Wildman–Crippen MR) is 118 cm³/mol. The van der Waals surface area contributed by atoms with Crippen molar-refractivity contribution >= 4 is 23.6 Å². The predicted octanol–water partition coefficient (Wildman–Crippen LogP) is 3.74. The highest BCUT2D eigenvalue weighted by Gasteiger charge is 2.34. The van der Waals surface area contributed by atoms with Crippen molar-refractivity contribution in [1.82, 2.24) is 10.2 Å². The first-order chi connectivity index (χ1) is 15.0. The van der Waals surface area contributed by atoms with Gasteiger partial charge in [0, 0.05) is 24.3 Å². The highest BCUT2D eigenvalue weighted by molar-refractivity contribution is 5.93. The van der Waals surface area contributed by atoms with Gasteiger partial charge in [-0.05, 0) is 30.9 Å². The first kappa shape index (κ1) is 22.3. The molecule has 0 aliphatic carbocycles. The number of hydrogen-bond acceptors (Lipinski definition) is 4. The molecular weight excluding hydrogens is 394 g/mol. The highest BCUT2D eigenvalue weighted by Crippen LogP contribution is 2.24. The fourth-order valence-corrected chi connectivity index (χ4v) is 3.51. The number of rotatable bonds is 7. The van der Waals surface area contributed by atoms with Crippen molar-refractivity contribution in [3.63, 3.8) is 0 Å². The van der Waals surface area contributed by atoms with Crippen molar-refractivity contribution in [2.24, 2.45) is 5.92 Å². The van der Waals surface area contributed by atoms with Gasteiger partial charge >= 0.3 is 12.0 Å². The van der Waals surface area contributed by atoms with Crippen LogP contribution in [0.4, 0.5) is 10.5 Å². The molecule has 1 saturated heterocycles. The lowest BCUT2D eigenvalue weighted by molar-refractivity contribution is -0.162. The Morgan fingerprint density at radius 1 is 0.903 bits per heavy atom. The summed E-state index contributed by atoms with van der Waals surface area (Å²) in [4.78, 5) is 40.3. The molecule has 1 fully saturated rings. The molecule has 0 radical (unpaired) electrons. The minimum absolute atomic E-state index is 0.228. The van der Waals surface area contributed by atoms with Gasteiger partial charge in [0.25, 0.3) is 5.91 Å². The Labute approximate surface area is 182 Å². The van der Waals surface area contributed by atoms with Crippen LogP contribution in [0.1, 0.15) is 38.4 Å². The number of ether oxygens (including phenoxy) is 1. The molecule has 3 rings (SSSR count). The van der Waals surface area contributed by atoms with Crippen LogP contribution in [-0.4, -0.2) is 41.9 Å². The standard InChI is InChI=1S/C24H29N3O4/c1-17(2)20(26-24(30)25-19-13-7-4-8-14-19)23(29)31-21(18-11-5-3-6-12-18)22(28)27-15-9-10-16-27/h3-8,11-14,17,20-21H,9-10,15-16H2,1-2H3,(H2,25,26,30)/t20-,21+/m1/s1. The van der Waals surface area contributed by atoms with E-state index in [2.05, 4.69) is 10.6 Å². The summed E-state index contributed by atoms with van der Waals surface area (Å²) in [7, 11) is 0. The van der Waals surface area contributed by atoms with E-state index in [4.69, 9.17) is 4.74 Å². The second kappa shape index (κ2) is 10.6. The lowest BCUT2D eigenvalue weighted by Gasteiger charge is -2.27. The Morgan fingerprint density at radius 3 is 2.06 bits per heavy atom. The number of nitrogens with one attached hydrogen (secondary N) is 2. The van der Waals surface area contributed by atoms with E-state index >= 15 is 0 Å². The first-order valence-corrected chi connectivity index (χ1v) is 10.6. The number of hydrogen-bond donors (Lipinski definition) is 2. The number of amides is 3. The molecule has 0 bridgehead atoms. The van der Waals surface area contributed by atoms with E-state index in [0.29, 0.717) is 24.3 Å². The minimum Gasteiger partial charge on any atom is -0.446 e. The molecule has 7 nitrogen and oxygen atoms in total. The first-order valence-electron chi connectivity index (χ1n) is 10.6. The molecule has 0 aromatic heterocycles. The maximum Gasteiger partial charge on any atom is 0.330 e. The number of esters is 1. The summed E-state index contributed by atoms with van der Waals surface area (Å²) in [5.41, 5.74) is 1.23. The Kier molecular flexibility index (Phi) is 7.65. The number of carbonyl (C=O) groups is 3. The van der Waals surface area contributed by atoms with Gasteiger partial charge in [-0.2, -0.15) is 0 Å². The summed E-state index contributed by atoms with van der Waals surface area (Å²) >= 11 is 0. The van der Waals surface area contributed by atoms with Crippen molar-refractivity contribution < 1.29 is 19.1 Å². The van der Waals surface area contributed by atoms with Gasteiger partial charge in [-0.15, -0.1) is 0 Å². The second-order valence-electron chi connectivity index (χ2n) is 7.95. The highest BCUT2D eigenvalue weighted by atomic mass is 16.5. The van der Waals surface area contributed by atoms with E-state index in [0.717, 1.165) is 12.8 Å². The number of carbonyl (C=O) groups excluding carboxylic acids is 3. The monoisotopic (exact) mass is 423 g/mol. The Hall–Kier alpha value is -3.35. The van der Waals surface area contributed by atoms with E-state index in [9.17, 15) is 14.4 Å². The average Bonchev–Trinajstić information content (AvgIpc) is 3.31. The molecule has 2 aromatic rings. The molecule has 2 N–H and O–H groups in total. The number of urea groups is 1. The third-order valence-corrected chi connectivity index (χ3v) is 5.22. The molecule has 3 amide bonds. The molecule has 0 unspecified atom stereocenters. The number of benzene rings is 2. The zero-order chi connectivity index (χ0) is 22.2. The molecule has 31 heavy (non-hydrogen) atoms. The molecule has 0 saturated carbocycles. The van der Waals surface area contributed by atoms with Crippen LogP contribution in [0.3, 0.4) is 0 Å². The summed E-state index contributed by atoms with van der Waals surface area (Å²) in [6.07, 6.45) is 0.848. The number of anilines is 1. The van der Waals surface area contributed by atoms with Gasteiger partial charge in [-0.3, -0.25) is 4.79 Å². The third-order valence-electron chi connectivity index (χ3n) is 5.22. The van der Waals surface area contributed by atoms with Gasteiger partial charge in [-0.1, -0.05) is 62.4 Å². The van der Waals surface area contributed by atoms with Gasteiger partial charge in [0.15, 0.2) is 0 Å². The fraction of sp³-hybridized carbons (Fsp3) is 0.375. The van der Waals surface area contributed by atoms with E-state index in [1.54, 1.807) is 53.4 Å². The lowest BCUT2D eigenvalue weighted by Crippen LogP contribution is -2.48. The van der Waals surface area contributed by atoms with E-state index in [1.807, 2.05) is 26.0 Å². The van der Waals surface area contributed by atoms with Gasteiger partial charge in [0.1, 0.15) is 6.04 Å². The summed E-state index contributed by atoms with van der Waals surface area (Å²) in [6, 6.07) is 16.5. The van der Waals surface area contributed by atoms with Crippen molar-refractivity contribution in [1.29, 1.82) is 0 Å². The van der Waals surface area contributed by atoms with Crippen LogP contribution in [0.5, 0.6) is 0 Å². The van der Waals surface area contributed by atoms with Crippen LogP contribution in [0.25, 0.3) is 0 Å². The molecule has 1 aliphatic rings. The summed E-state index contributed by atoms with van der Waals surface area (Å²) in [5.74, 6) is -1.10.